The van der Waals surface area contributed by atoms with Gasteiger partial charge in [0.1, 0.15) is 12.4 Å². The lowest BCUT2D eigenvalue weighted by atomic mass is 9.86. The third-order valence-electron chi connectivity index (χ3n) is 6.20. The number of benzene rings is 3. The Labute approximate surface area is 214 Å². The number of hydrogen-bond donors (Lipinski definition) is 0. The van der Waals surface area contributed by atoms with Gasteiger partial charge in [-0.1, -0.05) is 78.0 Å². The Kier molecular flexibility index (Phi) is 7.10. The molecule has 3 aromatic carbocycles. The Balaban J connectivity index is 1.28. The molecule has 1 fully saturated rings. The van der Waals surface area contributed by atoms with E-state index in [2.05, 4.69) is 23.1 Å². The zero-order chi connectivity index (χ0) is 24.2. The molecule has 3 aromatic rings. The average molecular weight is 502 g/mol. The second kappa shape index (κ2) is 10.6. The maximum atomic E-state index is 13.1. The Morgan fingerprint density at radius 2 is 1.74 bits per heavy atom. The number of halogens is 1. The van der Waals surface area contributed by atoms with Crippen molar-refractivity contribution in [2.75, 3.05) is 12.5 Å². The summed E-state index contributed by atoms with van der Waals surface area (Å²) >= 11 is 7.51. The van der Waals surface area contributed by atoms with Crippen LogP contribution in [0.3, 0.4) is 0 Å². The molecule has 0 aliphatic carbocycles. The number of amides is 1. The van der Waals surface area contributed by atoms with E-state index in [1.807, 2.05) is 66.7 Å². The number of ether oxygens (including phenoxy) is 1. The van der Waals surface area contributed by atoms with Crippen LogP contribution in [0.2, 0.25) is 5.02 Å². The van der Waals surface area contributed by atoms with E-state index in [4.69, 9.17) is 16.3 Å². The van der Waals surface area contributed by atoms with Gasteiger partial charge in [-0.25, -0.2) is 0 Å². The largest absolute Gasteiger partial charge is 0.489 e. The highest BCUT2D eigenvalue weighted by Crippen LogP contribution is 2.42. The monoisotopic (exact) mass is 501 g/mol. The van der Waals surface area contributed by atoms with Crippen molar-refractivity contribution in [1.29, 1.82) is 5.26 Å². The second-order valence-electron chi connectivity index (χ2n) is 8.62. The maximum Gasteiger partial charge on any atom is 0.229 e. The third-order valence-corrected chi connectivity index (χ3v) is 7.66. The van der Waals surface area contributed by atoms with Gasteiger partial charge in [0.25, 0.3) is 0 Å². The maximum absolute atomic E-state index is 13.1. The predicted molar refractivity (Wildman–Crippen MR) is 138 cm³/mol. The zero-order valence-corrected chi connectivity index (χ0v) is 20.6. The van der Waals surface area contributed by atoms with E-state index in [-0.39, 0.29) is 18.2 Å². The summed E-state index contributed by atoms with van der Waals surface area (Å²) in [6.45, 7) is 1.72. The van der Waals surface area contributed by atoms with Crippen LogP contribution in [0, 0.1) is 11.3 Å². The van der Waals surface area contributed by atoms with Crippen LogP contribution >= 0.6 is 23.4 Å². The first-order chi connectivity index (χ1) is 17.1. The van der Waals surface area contributed by atoms with E-state index < -0.39 is 0 Å². The molecule has 176 valence electrons. The van der Waals surface area contributed by atoms with Crippen LogP contribution in [0.5, 0.6) is 5.75 Å². The topological polar surface area (TPSA) is 56.6 Å². The fourth-order valence-corrected chi connectivity index (χ4v) is 5.64. The van der Waals surface area contributed by atoms with Gasteiger partial charge in [-0.15, -0.1) is 0 Å². The van der Waals surface area contributed by atoms with Gasteiger partial charge >= 0.3 is 0 Å². The van der Waals surface area contributed by atoms with Crippen molar-refractivity contribution in [1.82, 2.24) is 9.80 Å². The minimum absolute atomic E-state index is 0.0531. The van der Waals surface area contributed by atoms with Gasteiger partial charge in [-0.3, -0.25) is 14.6 Å². The van der Waals surface area contributed by atoms with E-state index in [0.717, 1.165) is 34.3 Å². The van der Waals surface area contributed by atoms with E-state index in [9.17, 15) is 10.1 Å². The van der Waals surface area contributed by atoms with Crippen LogP contribution < -0.4 is 4.74 Å². The minimum atomic E-state index is -0.239. The molecule has 2 heterocycles. The van der Waals surface area contributed by atoms with Crippen LogP contribution in [0.15, 0.2) is 89.5 Å². The summed E-state index contributed by atoms with van der Waals surface area (Å²) in [5.74, 6) is 1.29. The van der Waals surface area contributed by atoms with Gasteiger partial charge < -0.3 is 4.74 Å². The molecule has 0 spiro atoms. The normalized spacial score (nSPS) is 18.2. The summed E-state index contributed by atoms with van der Waals surface area (Å²) in [5, 5.41) is 11.5. The van der Waals surface area contributed by atoms with Crippen molar-refractivity contribution in [3.8, 4) is 11.8 Å². The minimum Gasteiger partial charge on any atom is -0.489 e. The van der Waals surface area contributed by atoms with E-state index in [1.54, 1.807) is 16.7 Å². The summed E-state index contributed by atoms with van der Waals surface area (Å²) < 4.78 is 5.89. The molecule has 0 N–H and O–H groups in total. The number of fused-ring (bicyclic) bond motifs is 1. The summed E-state index contributed by atoms with van der Waals surface area (Å²) in [6.07, 6.45) is 0.289. The molecule has 2 aliphatic rings. The number of thioether (sulfide) groups is 1. The summed E-state index contributed by atoms with van der Waals surface area (Å²) in [6, 6.07) is 27.9. The molecule has 5 nitrogen and oxygen atoms in total. The molecule has 0 bridgehead atoms. The first-order valence-electron chi connectivity index (χ1n) is 11.4. The van der Waals surface area contributed by atoms with Crippen molar-refractivity contribution in [3.05, 3.63) is 111 Å². The van der Waals surface area contributed by atoms with Crippen molar-refractivity contribution in [3.63, 3.8) is 0 Å². The molecule has 1 amide bonds. The van der Waals surface area contributed by atoms with Gasteiger partial charge in [-0.2, -0.15) is 5.26 Å². The average Bonchev–Trinajstić information content (AvgIpc) is 2.89. The summed E-state index contributed by atoms with van der Waals surface area (Å²) in [4.78, 5) is 17.1. The SMILES string of the molecule is N#CC1=C2SCN(Cc3ccccc3)CN2C(=O)C[C@H]1c1ccc(OCc2ccc(Cl)cc2)cc1. The lowest BCUT2D eigenvalue weighted by Crippen LogP contribution is -2.46. The molecule has 0 aromatic heterocycles. The molecule has 1 atom stereocenters. The number of carbonyl (C=O) groups is 1. The Morgan fingerprint density at radius 1 is 1.00 bits per heavy atom. The van der Waals surface area contributed by atoms with Crippen LogP contribution in [0.1, 0.15) is 29.0 Å². The molecule has 0 saturated carbocycles. The highest BCUT2D eigenvalue weighted by Gasteiger charge is 2.38. The highest BCUT2D eigenvalue weighted by atomic mass is 35.5. The fourth-order valence-electron chi connectivity index (χ4n) is 4.38. The zero-order valence-electron chi connectivity index (χ0n) is 19.1. The number of allylic oxidation sites excluding steroid dienone is 1. The highest BCUT2D eigenvalue weighted by molar-refractivity contribution is 8.03. The lowest BCUT2D eigenvalue weighted by molar-refractivity contribution is -0.131. The first kappa shape index (κ1) is 23.5. The third kappa shape index (κ3) is 5.38. The molecule has 7 heteroatoms. The quantitative estimate of drug-likeness (QED) is 0.406. The van der Waals surface area contributed by atoms with Gasteiger partial charge in [0, 0.05) is 23.9 Å². The van der Waals surface area contributed by atoms with Crippen molar-refractivity contribution < 1.29 is 9.53 Å². The second-order valence-corrected chi connectivity index (χ2v) is 9.99. The number of nitrogens with zero attached hydrogens (tertiary/aromatic N) is 3. The van der Waals surface area contributed by atoms with E-state index in [1.165, 1.54) is 5.56 Å². The predicted octanol–water partition coefficient (Wildman–Crippen LogP) is 6.13. The van der Waals surface area contributed by atoms with Crippen LogP contribution in [-0.4, -0.2) is 28.3 Å². The van der Waals surface area contributed by atoms with Crippen LogP contribution in [0.4, 0.5) is 0 Å². The molecule has 5 rings (SSSR count). The number of hydrogen-bond acceptors (Lipinski definition) is 5. The summed E-state index contributed by atoms with van der Waals surface area (Å²) in [7, 11) is 0. The number of rotatable bonds is 6. The van der Waals surface area contributed by atoms with E-state index >= 15 is 0 Å². The molecule has 0 radical (unpaired) electrons. The number of carbonyl (C=O) groups excluding carboxylic acids is 1. The van der Waals surface area contributed by atoms with Gasteiger partial charge in [0.2, 0.25) is 5.91 Å². The lowest BCUT2D eigenvalue weighted by Gasteiger charge is -2.41. The van der Waals surface area contributed by atoms with Crippen LogP contribution in [-0.2, 0) is 17.9 Å². The Bertz CT molecular complexity index is 1270. The van der Waals surface area contributed by atoms with Gasteiger partial charge in [-0.05, 0) is 41.0 Å². The van der Waals surface area contributed by atoms with E-state index in [0.29, 0.717) is 23.9 Å². The molecular formula is C28H24ClN3O2S. The Hall–Kier alpha value is -3.24. The molecular weight excluding hydrogens is 478 g/mol. The van der Waals surface area contributed by atoms with Crippen molar-refractivity contribution in [2.45, 2.75) is 25.5 Å². The molecule has 1 saturated heterocycles. The molecule has 0 unspecified atom stereocenters. The number of nitriles is 1. The molecule has 2 aliphatic heterocycles. The van der Waals surface area contributed by atoms with Crippen molar-refractivity contribution >= 4 is 29.3 Å². The smallest absolute Gasteiger partial charge is 0.229 e. The Morgan fingerprint density at radius 3 is 2.46 bits per heavy atom. The first-order valence-corrected chi connectivity index (χ1v) is 12.8. The summed E-state index contributed by atoms with van der Waals surface area (Å²) in [5.41, 5.74) is 3.86. The fraction of sp³-hybridized carbons (Fsp3) is 0.214. The molecule has 35 heavy (non-hydrogen) atoms. The van der Waals surface area contributed by atoms with Crippen LogP contribution in [0.25, 0.3) is 0 Å². The standard InChI is InChI=1S/C28H24ClN3O2S/c29-23-10-6-21(7-11-23)17-34-24-12-8-22(9-13-24)25-14-27(33)32-18-31(16-20-4-2-1-3-5-20)19-35-28(32)26(25)15-30/h1-13,25H,14,16-19H2/t25-/m0/s1. The van der Waals surface area contributed by atoms with Gasteiger partial charge in [0.15, 0.2) is 0 Å². The van der Waals surface area contributed by atoms with Gasteiger partial charge in [0.05, 0.1) is 29.2 Å². The van der Waals surface area contributed by atoms with Crippen molar-refractivity contribution in [2.24, 2.45) is 0 Å².